The lowest BCUT2D eigenvalue weighted by molar-refractivity contribution is 0.0975. The number of carbonyl (C=O) groups is 1. The van der Waals surface area contributed by atoms with Gasteiger partial charge in [-0.2, -0.15) is 18.0 Å². The minimum Gasteiger partial charge on any atom is -0.489 e. The molecule has 0 aromatic heterocycles. The van der Waals surface area contributed by atoms with Crippen LogP contribution in [0.4, 0.5) is 8.78 Å². The third kappa shape index (κ3) is 4.95. The summed E-state index contributed by atoms with van der Waals surface area (Å²) in [5, 5.41) is 8.96. The molecule has 0 saturated heterocycles. The first-order valence-electron chi connectivity index (χ1n) is 7.60. The maximum absolute atomic E-state index is 14.2. The summed E-state index contributed by atoms with van der Waals surface area (Å²) in [5.74, 6) is -3.17. The molecule has 0 bridgehead atoms. The minimum absolute atomic E-state index is 0.140. The van der Waals surface area contributed by atoms with Gasteiger partial charge in [-0.1, -0.05) is 11.6 Å². The average molecular weight is 430 g/mol. The number of nitriles is 1. The molecule has 0 aliphatic carbocycles. The van der Waals surface area contributed by atoms with Crippen LogP contribution in [0.25, 0.3) is 0 Å². The van der Waals surface area contributed by atoms with E-state index in [1.54, 1.807) is 4.72 Å². The fraction of sp³-hybridized carbons (Fsp3) is 0.176. The number of nitrogens with one attached hydrogen (secondary N) is 1. The highest BCUT2D eigenvalue weighted by Gasteiger charge is 2.22. The van der Waals surface area contributed by atoms with Crippen molar-refractivity contribution in [2.45, 2.75) is 6.61 Å². The molecular formula is C17H14ClF2N3O4S. The van der Waals surface area contributed by atoms with Gasteiger partial charge in [-0.3, -0.25) is 4.79 Å². The Bertz CT molecular complexity index is 1070. The number of carbonyl (C=O) groups excluding carboxylic acids is 1. The summed E-state index contributed by atoms with van der Waals surface area (Å²) in [7, 11) is -1.82. The fourth-order valence-corrected chi connectivity index (χ4v) is 2.71. The van der Waals surface area contributed by atoms with Gasteiger partial charge < -0.3 is 4.74 Å². The highest BCUT2D eigenvalue weighted by Crippen LogP contribution is 2.23. The van der Waals surface area contributed by atoms with Crippen LogP contribution in [-0.2, 0) is 16.8 Å². The van der Waals surface area contributed by atoms with Gasteiger partial charge in [-0.25, -0.2) is 13.5 Å². The summed E-state index contributed by atoms with van der Waals surface area (Å²) >= 11 is 5.86. The second kappa shape index (κ2) is 8.52. The van der Waals surface area contributed by atoms with E-state index >= 15 is 0 Å². The van der Waals surface area contributed by atoms with Crippen molar-refractivity contribution < 1.29 is 26.7 Å². The number of rotatable bonds is 6. The molecule has 0 saturated carbocycles. The van der Waals surface area contributed by atoms with Gasteiger partial charge in [0.1, 0.15) is 30.1 Å². The van der Waals surface area contributed by atoms with Gasteiger partial charge in [-0.15, -0.1) is 0 Å². The van der Waals surface area contributed by atoms with E-state index in [0.29, 0.717) is 10.4 Å². The summed E-state index contributed by atoms with van der Waals surface area (Å²) in [4.78, 5) is 11.9. The first-order valence-corrected chi connectivity index (χ1v) is 9.42. The van der Waals surface area contributed by atoms with E-state index in [1.807, 2.05) is 6.07 Å². The molecule has 0 aliphatic heterocycles. The van der Waals surface area contributed by atoms with E-state index in [-0.39, 0.29) is 28.5 Å². The third-order valence-electron chi connectivity index (χ3n) is 3.54. The Morgan fingerprint density at radius 2 is 1.93 bits per heavy atom. The van der Waals surface area contributed by atoms with Crippen LogP contribution in [0.3, 0.4) is 0 Å². The zero-order valence-corrected chi connectivity index (χ0v) is 16.2. The van der Waals surface area contributed by atoms with Crippen molar-refractivity contribution in [2.75, 3.05) is 14.1 Å². The van der Waals surface area contributed by atoms with Crippen molar-refractivity contribution in [3.05, 3.63) is 63.7 Å². The van der Waals surface area contributed by atoms with Crippen LogP contribution in [-0.4, -0.2) is 32.7 Å². The smallest absolute Gasteiger partial charge is 0.303 e. The molecule has 0 radical (unpaired) electrons. The normalized spacial score (nSPS) is 11.2. The summed E-state index contributed by atoms with van der Waals surface area (Å²) < 4.78 is 59.3. The summed E-state index contributed by atoms with van der Waals surface area (Å²) in [6, 6.07) is 7.39. The predicted molar refractivity (Wildman–Crippen MR) is 96.9 cm³/mol. The van der Waals surface area contributed by atoms with Crippen LogP contribution in [0.1, 0.15) is 21.5 Å². The largest absolute Gasteiger partial charge is 0.489 e. The van der Waals surface area contributed by atoms with E-state index in [9.17, 15) is 22.0 Å². The van der Waals surface area contributed by atoms with Crippen molar-refractivity contribution in [3.8, 4) is 11.8 Å². The average Bonchev–Trinajstić information content (AvgIpc) is 2.61. The second-order valence-electron chi connectivity index (χ2n) is 5.68. The van der Waals surface area contributed by atoms with Gasteiger partial charge in [0, 0.05) is 25.7 Å². The maximum atomic E-state index is 14.2. The third-order valence-corrected chi connectivity index (χ3v) is 5.26. The first-order chi connectivity index (χ1) is 13.0. The zero-order chi connectivity index (χ0) is 21.1. The maximum Gasteiger partial charge on any atom is 0.303 e. The van der Waals surface area contributed by atoms with E-state index in [1.165, 1.54) is 32.3 Å². The molecule has 7 nitrogen and oxygen atoms in total. The van der Waals surface area contributed by atoms with Crippen LogP contribution in [0.5, 0.6) is 5.75 Å². The monoisotopic (exact) mass is 429 g/mol. The Kier molecular flexibility index (Phi) is 6.56. The minimum atomic E-state index is -4.16. The lowest BCUT2D eigenvalue weighted by atomic mass is 10.1. The van der Waals surface area contributed by atoms with Crippen LogP contribution in [0.15, 0.2) is 30.3 Å². The molecule has 0 heterocycles. The lowest BCUT2D eigenvalue weighted by Crippen LogP contribution is -2.39. The van der Waals surface area contributed by atoms with Crippen LogP contribution < -0.4 is 9.46 Å². The molecular weight excluding hydrogens is 416 g/mol. The molecule has 11 heteroatoms. The highest BCUT2D eigenvalue weighted by molar-refractivity contribution is 7.87. The molecule has 2 aromatic rings. The molecule has 0 fully saturated rings. The van der Waals surface area contributed by atoms with Gasteiger partial charge in [0.2, 0.25) is 0 Å². The number of nitrogens with zero attached hydrogens (tertiary/aromatic N) is 2. The number of benzene rings is 2. The second-order valence-corrected chi connectivity index (χ2v) is 7.98. The molecule has 0 unspecified atom stereocenters. The van der Waals surface area contributed by atoms with Crippen molar-refractivity contribution in [1.82, 2.24) is 9.03 Å². The molecule has 28 heavy (non-hydrogen) atoms. The van der Waals surface area contributed by atoms with Crippen molar-refractivity contribution in [3.63, 3.8) is 0 Å². The number of hydrogen-bond donors (Lipinski definition) is 1. The molecule has 2 aromatic carbocycles. The van der Waals surface area contributed by atoms with E-state index in [0.717, 1.165) is 6.07 Å². The topological polar surface area (TPSA) is 99.5 Å². The van der Waals surface area contributed by atoms with Crippen molar-refractivity contribution >= 4 is 27.7 Å². The van der Waals surface area contributed by atoms with Gasteiger partial charge in [0.15, 0.2) is 0 Å². The van der Waals surface area contributed by atoms with Gasteiger partial charge >= 0.3 is 10.2 Å². The molecule has 148 valence electrons. The van der Waals surface area contributed by atoms with E-state index in [4.69, 9.17) is 21.6 Å². The number of ether oxygens (including phenoxy) is 1. The van der Waals surface area contributed by atoms with Gasteiger partial charge in [0.05, 0.1) is 16.1 Å². The first kappa shape index (κ1) is 21.6. The molecule has 0 aliphatic rings. The van der Waals surface area contributed by atoms with E-state index < -0.39 is 33.3 Å². The summed E-state index contributed by atoms with van der Waals surface area (Å²) in [6.07, 6.45) is 0. The summed E-state index contributed by atoms with van der Waals surface area (Å²) in [5.41, 5.74) is -0.743. The highest BCUT2D eigenvalue weighted by atomic mass is 35.5. The number of amides is 1. The van der Waals surface area contributed by atoms with Crippen LogP contribution >= 0.6 is 11.6 Å². The SMILES string of the molecule is CN(C)S(=O)(=O)NC(=O)c1cc(F)c(COc2ccc(C#N)c(Cl)c2)cc1F. The van der Waals surface area contributed by atoms with Gasteiger partial charge in [-0.05, 0) is 24.3 Å². The zero-order valence-electron chi connectivity index (χ0n) is 14.7. The van der Waals surface area contributed by atoms with Gasteiger partial charge in [0.25, 0.3) is 5.91 Å². The fourth-order valence-electron chi connectivity index (χ4n) is 1.97. The predicted octanol–water partition coefficient (Wildman–Crippen LogP) is 2.61. The standard InChI is InChI=1S/C17H14ClF2N3O4S/c1-23(2)28(25,26)22-17(24)13-7-15(19)11(5-16(13)20)9-27-12-4-3-10(8-21)14(18)6-12/h3-7H,9H2,1-2H3,(H,22,24). The van der Waals surface area contributed by atoms with Crippen LogP contribution in [0, 0.1) is 23.0 Å². The molecule has 1 N–H and O–H groups in total. The number of hydrogen-bond acceptors (Lipinski definition) is 5. The van der Waals surface area contributed by atoms with E-state index in [2.05, 4.69) is 0 Å². The molecule has 1 amide bonds. The molecule has 0 spiro atoms. The Morgan fingerprint density at radius 3 is 2.50 bits per heavy atom. The molecule has 0 atom stereocenters. The van der Waals surface area contributed by atoms with Crippen molar-refractivity contribution in [2.24, 2.45) is 0 Å². The van der Waals surface area contributed by atoms with Crippen LogP contribution in [0.2, 0.25) is 5.02 Å². The Morgan fingerprint density at radius 1 is 1.25 bits per heavy atom. The Balaban J connectivity index is 2.18. The summed E-state index contributed by atoms with van der Waals surface area (Å²) in [6.45, 7) is -0.386. The lowest BCUT2D eigenvalue weighted by Gasteiger charge is -2.13. The molecule has 2 rings (SSSR count). The Hall–Kier alpha value is -2.74. The quantitative estimate of drug-likeness (QED) is 0.760. The number of halogens is 3. The Labute approximate surface area is 165 Å². The van der Waals surface area contributed by atoms with Crippen molar-refractivity contribution in [1.29, 1.82) is 5.26 Å².